The Hall–Kier alpha value is -1.78. The molecule has 0 bridgehead atoms. The second kappa shape index (κ2) is 4.38. The van der Waals surface area contributed by atoms with E-state index >= 15 is 0 Å². The van der Waals surface area contributed by atoms with Gasteiger partial charge in [-0.15, -0.1) is 0 Å². The highest BCUT2D eigenvalue weighted by atomic mass is 19.4. The van der Waals surface area contributed by atoms with Crippen molar-refractivity contribution in [2.24, 2.45) is 0 Å². The number of ketones is 1. The zero-order chi connectivity index (χ0) is 12.3. The van der Waals surface area contributed by atoms with Crippen LogP contribution in [0.1, 0.15) is 15.9 Å². The highest BCUT2D eigenvalue weighted by Crippen LogP contribution is 2.36. The minimum Gasteiger partial charge on any atom is -0.496 e. The Kier molecular flexibility index (Phi) is 3.37. The summed E-state index contributed by atoms with van der Waals surface area (Å²) in [6.45, 7) is 3.21. The van der Waals surface area contributed by atoms with Crippen LogP contribution in [0.5, 0.6) is 5.75 Å². The summed E-state index contributed by atoms with van der Waals surface area (Å²) in [6, 6.07) is 3.13. The molecule has 0 fully saturated rings. The summed E-state index contributed by atoms with van der Waals surface area (Å²) in [4.78, 5) is 11.2. The first-order valence-electron chi connectivity index (χ1n) is 4.32. The monoisotopic (exact) mass is 230 g/mol. The van der Waals surface area contributed by atoms with Crippen molar-refractivity contribution in [3.63, 3.8) is 0 Å². The second-order valence-corrected chi connectivity index (χ2v) is 2.98. The maximum Gasteiger partial charge on any atom is 0.419 e. The molecule has 5 heteroatoms. The summed E-state index contributed by atoms with van der Waals surface area (Å²) in [7, 11) is 1.14. The molecule has 0 spiro atoms. The van der Waals surface area contributed by atoms with E-state index in [0.29, 0.717) is 0 Å². The van der Waals surface area contributed by atoms with Crippen molar-refractivity contribution < 1.29 is 22.7 Å². The first-order valence-corrected chi connectivity index (χ1v) is 4.32. The van der Waals surface area contributed by atoms with E-state index < -0.39 is 17.5 Å². The fourth-order valence-electron chi connectivity index (χ4n) is 1.20. The molecule has 0 atom stereocenters. The van der Waals surface area contributed by atoms with Gasteiger partial charge in [-0.2, -0.15) is 13.2 Å². The minimum absolute atomic E-state index is 0.0666. The van der Waals surface area contributed by atoms with Crippen molar-refractivity contribution in [2.45, 2.75) is 6.18 Å². The number of ether oxygens (including phenoxy) is 1. The molecule has 0 saturated heterocycles. The highest BCUT2D eigenvalue weighted by Gasteiger charge is 2.34. The van der Waals surface area contributed by atoms with Gasteiger partial charge < -0.3 is 4.74 Å². The Bertz CT molecular complexity index is 422. The van der Waals surface area contributed by atoms with Gasteiger partial charge in [0, 0.05) is 5.56 Å². The number of allylic oxidation sites excluding steroid dienone is 1. The lowest BCUT2D eigenvalue weighted by Crippen LogP contribution is -2.09. The SMILES string of the molecule is C=CC(=O)c1ccc(OC)c(C(F)(F)F)c1. The number of benzene rings is 1. The normalized spacial score (nSPS) is 11.0. The molecule has 0 heterocycles. The largest absolute Gasteiger partial charge is 0.496 e. The molecule has 0 amide bonds. The Morgan fingerprint density at radius 2 is 2.06 bits per heavy atom. The lowest BCUT2D eigenvalue weighted by atomic mass is 10.1. The van der Waals surface area contributed by atoms with E-state index in [1.807, 2.05) is 0 Å². The van der Waals surface area contributed by atoms with E-state index in [4.69, 9.17) is 0 Å². The molecule has 1 aromatic rings. The number of hydrogen-bond acceptors (Lipinski definition) is 2. The van der Waals surface area contributed by atoms with E-state index in [9.17, 15) is 18.0 Å². The van der Waals surface area contributed by atoms with Gasteiger partial charge in [0.2, 0.25) is 0 Å². The van der Waals surface area contributed by atoms with Crippen LogP contribution in [0.25, 0.3) is 0 Å². The molecular weight excluding hydrogens is 221 g/mol. The van der Waals surface area contributed by atoms with Crippen LogP contribution in [0.3, 0.4) is 0 Å². The van der Waals surface area contributed by atoms with Crippen molar-refractivity contribution in [3.8, 4) is 5.75 Å². The van der Waals surface area contributed by atoms with E-state index in [2.05, 4.69) is 11.3 Å². The lowest BCUT2D eigenvalue weighted by molar-refractivity contribution is -0.138. The minimum atomic E-state index is -4.55. The summed E-state index contributed by atoms with van der Waals surface area (Å²) in [5.41, 5.74) is -1.04. The quantitative estimate of drug-likeness (QED) is 0.589. The molecular formula is C11H9F3O2. The Labute approximate surface area is 90.3 Å². The number of hydrogen-bond donors (Lipinski definition) is 0. The fourth-order valence-corrected chi connectivity index (χ4v) is 1.20. The van der Waals surface area contributed by atoms with Crippen LogP contribution in [0, 0.1) is 0 Å². The van der Waals surface area contributed by atoms with Gasteiger partial charge in [-0.05, 0) is 24.3 Å². The van der Waals surface area contributed by atoms with Gasteiger partial charge in [-0.25, -0.2) is 0 Å². The molecule has 86 valence electrons. The first kappa shape index (κ1) is 12.3. The molecule has 0 saturated carbocycles. The average Bonchev–Trinajstić information content (AvgIpc) is 2.26. The Balaban J connectivity index is 3.32. The van der Waals surface area contributed by atoms with Gasteiger partial charge >= 0.3 is 6.18 Å². The summed E-state index contributed by atoms with van der Waals surface area (Å²) >= 11 is 0. The summed E-state index contributed by atoms with van der Waals surface area (Å²) in [5.74, 6) is -0.874. The number of carbonyl (C=O) groups is 1. The molecule has 16 heavy (non-hydrogen) atoms. The standard InChI is InChI=1S/C11H9F3O2/c1-3-9(15)7-4-5-10(16-2)8(6-7)11(12,13)14/h3-6H,1H2,2H3. The lowest BCUT2D eigenvalue weighted by Gasteiger charge is -2.12. The average molecular weight is 230 g/mol. The topological polar surface area (TPSA) is 26.3 Å². The van der Waals surface area contributed by atoms with Crippen LogP contribution in [0.15, 0.2) is 30.9 Å². The van der Waals surface area contributed by atoms with Gasteiger partial charge in [-0.1, -0.05) is 6.58 Å². The summed E-state index contributed by atoms with van der Waals surface area (Å²) < 4.78 is 42.3. The van der Waals surface area contributed by atoms with Gasteiger partial charge in [0.15, 0.2) is 5.78 Å². The van der Waals surface area contributed by atoms with Crippen LogP contribution in [0.4, 0.5) is 13.2 Å². The van der Waals surface area contributed by atoms with Crippen molar-refractivity contribution in [1.29, 1.82) is 0 Å². The van der Waals surface area contributed by atoms with Crippen molar-refractivity contribution in [2.75, 3.05) is 7.11 Å². The molecule has 0 aliphatic heterocycles. The van der Waals surface area contributed by atoms with Crippen molar-refractivity contribution in [1.82, 2.24) is 0 Å². The van der Waals surface area contributed by atoms with E-state index in [-0.39, 0.29) is 11.3 Å². The number of alkyl halides is 3. The van der Waals surface area contributed by atoms with E-state index in [0.717, 1.165) is 25.3 Å². The zero-order valence-corrected chi connectivity index (χ0v) is 8.47. The third-order valence-electron chi connectivity index (χ3n) is 1.97. The maximum absolute atomic E-state index is 12.6. The van der Waals surface area contributed by atoms with Crippen LogP contribution in [-0.2, 0) is 6.18 Å². The van der Waals surface area contributed by atoms with E-state index in [1.165, 1.54) is 6.07 Å². The van der Waals surface area contributed by atoms with Gasteiger partial charge in [0.25, 0.3) is 0 Å². The number of halogens is 3. The van der Waals surface area contributed by atoms with Gasteiger partial charge in [0.05, 0.1) is 12.7 Å². The third-order valence-corrected chi connectivity index (χ3v) is 1.97. The first-order chi connectivity index (χ1) is 7.40. The van der Waals surface area contributed by atoms with Crippen LogP contribution >= 0.6 is 0 Å². The molecule has 0 aliphatic rings. The molecule has 0 radical (unpaired) electrons. The zero-order valence-electron chi connectivity index (χ0n) is 8.47. The molecule has 1 aromatic carbocycles. The van der Waals surface area contributed by atoms with Crippen molar-refractivity contribution >= 4 is 5.78 Å². The highest BCUT2D eigenvalue weighted by molar-refractivity contribution is 6.04. The Morgan fingerprint density at radius 1 is 1.44 bits per heavy atom. The number of rotatable bonds is 3. The molecule has 0 unspecified atom stereocenters. The molecule has 0 aromatic heterocycles. The second-order valence-electron chi connectivity index (χ2n) is 2.98. The molecule has 0 aliphatic carbocycles. The van der Waals surface area contributed by atoms with Crippen LogP contribution in [-0.4, -0.2) is 12.9 Å². The number of carbonyl (C=O) groups excluding carboxylic acids is 1. The fraction of sp³-hybridized carbons (Fsp3) is 0.182. The Morgan fingerprint density at radius 3 is 2.50 bits per heavy atom. The number of methoxy groups -OCH3 is 1. The van der Waals surface area contributed by atoms with Crippen LogP contribution < -0.4 is 4.74 Å². The predicted octanol–water partition coefficient (Wildman–Crippen LogP) is 3.08. The van der Waals surface area contributed by atoms with Gasteiger partial charge in [-0.3, -0.25) is 4.79 Å². The van der Waals surface area contributed by atoms with Gasteiger partial charge in [0.1, 0.15) is 5.75 Å². The maximum atomic E-state index is 12.6. The van der Waals surface area contributed by atoms with Crippen LogP contribution in [0.2, 0.25) is 0 Å². The summed E-state index contributed by atoms with van der Waals surface area (Å²) in [5, 5.41) is 0. The smallest absolute Gasteiger partial charge is 0.419 e. The molecule has 1 rings (SSSR count). The van der Waals surface area contributed by atoms with E-state index in [1.54, 1.807) is 0 Å². The molecule has 2 nitrogen and oxygen atoms in total. The predicted molar refractivity (Wildman–Crippen MR) is 52.5 cm³/mol. The molecule has 0 N–H and O–H groups in total. The van der Waals surface area contributed by atoms with Crippen molar-refractivity contribution in [3.05, 3.63) is 42.0 Å². The summed E-state index contributed by atoms with van der Waals surface area (Å²) in [6.07, 6.45) is -3.59. The third kappa shape index (κ3) is 2.42.